The molecule has 0 saturated heterocycles. The third-order valence-corrected chi connectivity index (χ3v) is 10.5. The van der Waals surface area contributed by atoms with Crippen molar-refractivity contribution in [3.8, 4) is 17.3 Å². The second kappa shape index (κ2) is 11.8. The second-order valence-electron chi connectivity index (χ2n) is 14.1. The maximum atomic E-state index is 15.1. The molecule has 2 aromatic heterocycles. The lowest BCUT2D eigenvalue weighted by Crippen LogP contribution is -2.46. The third-order valence-electron chi connectivity index (χ3n) is 10.5. The molecular formula is C40H36N4O8. The lowest BCUT2D eigenvalue weighted by atomic mass is 9.86. The molecule has 4 aliphatic rings. The molecule has 8 rings (SSSR count). The minimum atomic E-state index is -1.17. The molecule has 12 heteroatoms. The lowest BCUT2D eigenvalue weighted by molar-refractivity contribution is -0.149. The molecule has 264 valence electrons. The van der Waals surface area contributed by atoms with E-state index in [0.29, 0.717) is 22.3 Å². The molecule has 6 heterocycles. The number of amides is 1. The number of hydrogen-bond acceptors (Lipinski definition) is 9. The summed E-state index contributed by atoms with van der Waals surface area (Å²) >= 11 is 0. The standard InChI is InChI=1S/C40H36N4O8/c1-17(2)35(45)29-27(37(47)43-25(39(49)51-5)15-21-19-11-7-9-13-23(19)41-31(21)33(29)43)28-30(36(46)18(3)4)34-32-22(20-12-8-10-14-24(20)42-32)16-26(40(50)52-6)44(34)38(28)48/h7-14,17-18,25-26,41,47H,15-16H2,1-6H3/t25-,26-/m0/s1. The van der Waals surface area contributed by atoms with Gasteiger partial charge in [-0.3, -0.25) is 23.9 Å². The molecule has 0 fully saturated rings. The van der Waals surface area contributed by atoms with Crippen LogP contribution in [-0.4, -0.2) is 69.2 Å². The van der Waals surface area contributed by atoms with Gasteiger partial charge in [-0.25, -0.2) is 14.6 Å². The molecule has 0 radical (unpaired) electrons. The quantitative estimate of drug-likeness (QED) is 0.217. The highest BCUT2D eigenvalue weighted by atomic mass is 16.5. The number of ketones is 2. The first kappa shape index (κ1) is 33.1. The summed E-state index contributed by atoms with van der Waals surface area (Å²) < 4.78 is 11.8. The molecule has 2 aromatic carbocycles. The van der Waals surface area contributed by atoms with Crippen LogP contribution in [0.1, 0.15) is 61.6 Å². The van der Waals surface area contributed by atoms with Crippen LogP contribution in [0.25, 0.3) is 33.4 Å². The van der Waals surface area contributed by atoms with E-state index < -0.39 is 59.2 Å². The molecule has 4 aliphatic heterocycles. The predicted octanol–water partition coefficient (Wildman–Crippen LogP) is 3.91. The van der Waals surface area contributed by atoms with Gasteiger partial charge in [0, 0.05) is 40.8 Å². The molecule has 0 saturated carbocycles. The maximum absolute atomic E-state index is 15.1. The summed E-state index contributed by atoms with van der Waals surface area (Å²) in [7, 11) is 2.47. The Bertz CT molecular complexity index is 2530. The van der Waals surface area contributed by atoms with Gasteiger partial charge in [-0.15, -0.1) is 0 Å². The van der Waals surface area contributed by atoms with Gasteiger partial charge < -0.3 is 19.6 Å². The highest BCUT2D eigenvalue weighted by Gasteiger charge is 2.53. The van der Waals surface area contributed by atoms with Crippen LogP contribution >= 0.6 is 0 Å². The van der Waals surface area contributed by atoms with Crippen LogP contribution in [0.15, 0.2) is 70.5 Å². The number of aromatic hydroxyl groups is 1. The number of ether oxygens (including phenoxy) is 2. The fourth-order valence-electron chi connectivity index (χ4n) is 8.13. The summed E-state index contributed by atoms with van der Waals surface area (Å²) in [6.45, 7) is 6.77. The topological polar surface area (TPSA) is 160 Å². The van der Waals surface area contributed by atoms with Gasteiger partial charge in [-0.2, -0.15) is 0 Å². The van der Waals surface area contributed by atoms with Crippen molar-refractivity contribution >= 4 is 51.5 Å². The highest BCUT2D eigenvalue weighted by Crippen LogP contribution is 2.54. The first-order valence-corrected chi connectivity index (χ1v) is 17.2. The number of Topliss-reactive ketones (excluding diaryl/α,β-unsaturated/α-hetero) is 2. The van der Waals surface area contributed by atoms with Crippen LogP contribution in [0.3, 0.4) is 0 Å². The van der Waals surface area contributed by atoms with Crippen molar-refractivity contribution in [1.29, 1.82) is 0 Å². The van der Waals surface area contributed by atoms with Crippen LogP contribution in [-0.2, 0) is 35.1 Å². The molecule has 0 spiro atoms. The van der Waals surface area contributed by atoms with E-state index >= 15 is 4.79 Å². The Labute approximate surface area is 297 Å². The van der Waals surface area contributed by atoms with Crippen LogP contribution in [0.2, 0.25) is 0 Å². The van der Waals surface area contributed by atoms with E-state index in [0.717, 1.165) is 21.7 Å². The van der Waals surface area contributed by atoms with E-state index in [2.05, 4.69) is 4.98 Å². The van der Waals surface area contributed by atoms with Gasteiger partial charge in [0.1, 0.15) is 12.1 Å². The smallest absolute Gasteiger partial charge is 0.329 e. The number of fused-ring (bicyclic) bond motifs is 8. The minimum Gasteiger partial charge on any atom is -0.494 e. The fraction of sp³-hybridized carbons (Fsp3) is 0.300. The number of nitrogens with zero attached hydrogens (tertiary/aromatic N) is 3. The summed E-state index contributed by atoms with van der Waals surface area (Å²) in [6.07, 6.45) is 0.176. The van der Waals surface area contributed by atoms with Gasteiger partial charge in [0.25, 0.3) is 5.91 Å². The van der Waals surface area contributed by atoms with Gasteiger partial charge in [-0.05, 0) is 23.3 Å². The number of methoxy groups -OCH3 is 2. The average Bonchev–Trinajstić information content (AvgIpc) is 3.87. The van der Waals surface area contributed by atoms with Gasteiger partial charge in [0.05, 0.1) is 64.6 Å². The number of H-pyrrole nitrogens is 1. The van der Waals surface area contributed by atoms with Crippen molar-refractivity contribution in [3.63, 3.8) is 0 Å². The normalized spacial score (nSPS) is 18.7. The summed E-state index contributed by atoms with van der Waals surface area (Å²) in [4.78, 5) is 80.8. The average molecular weight is 701 g/mol. The van der Waals surface area contributed by atoms with Gasteiger partial charge in [0.15, 0.2) is 11.6 Å². The first-order chi connectivity index (χ1) is 24.9. The number of esters is 2. The van der Waals surface area contributed by atoms with Crippen LogP contribution in [0.5, 0.6) is 5.88 Å². The largest absolute Gasteiger partial charge is 0.494 e. The SMILES string of the molecule is COC(=O)[C@@H]1CC2=c3ccccc3=NC2=C2C(C(=O)C(C)C)=C(c3c(C(=O)C(C)C)c4n(c3O)[C@H](C(=O)OC)Cc3c-4[nH]c4ccccc34)C(=O)N21. The molecule has 0 aliphatic carbocycles. The van der Waals surface area contributed by atoms with Crippen molar-refractivity contribution in [3.05, 3.63) is 92.8 Å². The fourth-order valence-corrected chi connectivity index (χ4v) is 8.13. The van der Waals surface area contributed by atoms with E-state index in [-0.39, 0.29) is 46.5 Å². The Balaban J connectivity index is 1.54. The van der Waals surface area contributed by atoms with Crippen LogP contribution < -0.4 is 10.6 Å². The van der Waals surface area contributed by atoms with Crippen molar-refractivity contribution in [2.45, 2.75) is 52.6 Å². The second-order valence-corrected chi connectivity index (χ2v) is 14.1. The lowest BCUT2D eigenvalue weighted by Gasteiger charge is -2.33. The Hall–Kier alpha value is -6.04. The Morgan fingerprint density at radius 3 is 2.23 bits per heavy atom. The van der Waals surface area contributed by atoms with E-state index in [1.54, 1.807) is 27.7 Å². The summed E-state index contributed by atoms with van der Waals surface area (Å²) in [5, 5.41) is 14.6. The number of hydrogen-bond donors (Lipinski definition) is 2. The number of carbonyl (C=O) groups is 5. The number of aromatic amines is 1. The van der Waals surface area contributed by atoms with Crippen molar-refractivity contribution in [1.82, 2.24) is 14.5 Å². The Morgan fingerprint density at radius 2 is 1.54 bits per heavy atom. The number of rotatable bonds is 7. The van der Waals surface area contributed by atoms with Gasteiger partial charge >= 0.3 is 11.9 Å². The molecule has 52 heavy (non-hydrogen) atoms. The summed E-state index contributed by atoms with van der Waals surface area (Å²) in [5.41, 5.74) is 2.81. The number of aromatic nitrogens is 2. The van der Waals surface area contributed by atoms with Crippen molar-refractivity contribution in [2.75, 3.05) is 14.2 Å². The highest BCUT2D eigenvalue weighted by molar-refractivity contribution is 6.35. The molecule has 4 aromatic rings. The summed E-state index contributed by atoms with van der Waals surface area (Å²) in [5.74, 6) is -4.85. The molecule has 2 atom stereocenters. The first-order valence-electron chi connectivity index (χ1n) is 17.2. The number of para-hydroxylation sites is 2. The number of carbonyl (C=O) groups excluding carboxylic acids is 5. The summed E-state index contributed by atoms with van der Waals surface area (Å²) in [6, 6.07) is 12.6. The number of benzene rings is 2. The van der Waals surface area contributed by atoms with Crippen LogP contribution in [0, 0.1) is 11.8 Å². The minimum absolute atomic E-state index is 0.0257. The van der Waals surface area contributed by atoms with E-state index in [1.165, 1.54) is 23.7 Å². The number of nitrogens with one attached hydrogen (secondary N) is 1. The molecule has 2 N–H and O–H groups in total. The Kier molecular flexibility index (Phi) is 7.49. The predicted molar refractivity (Wildman–Crippen MR) is 189 cm³/mol. The van der Waals surface area contributed by atoms with Crippen molar-refractivity contribution in [2.24, 2.45) is 16.8 Å². The molecule has 1 amide bonds. The zero-order valence-electron chi connectivity index (χ0n) is 29.5. The van der Waals surface area contributed by atoms with Crippen molar-refractivity contribution < 1.29 is 38.6 Å². The van der Waals surface area contributed by atoms with E-state index in [1.807, 2.05) is 48.5 Å². The van der Waals surface area contributed by atoms with Gasteiger partial charge in [-0.1, -0.05) is 64.1 Å². The molecule has 0 unspecified atom stereocenters. The Morgan fingerprint density at radius 1 is 0.885 bits per heavy atom. The van der Waals surface area contributed by atoms with E-state index in [9.17, 15) is 24.3 Å². The third kappa shape index (κ3) is 4.39. The molecule has 12 nitrogen and oxygen atoms in total. The molecular weight excluding hydrogens is 664 g/mol. The zero-order valence-corrected chi connectivity index (χ0v) is 29.5. The van der Waals surface area contributed by atoms with Crippen LogP contribution in [0.4, 0.5) is 0 Å². The number of allylic oxidation sites excluding steroid dienone is 2. The van der Waals surface area contributed by atoms with Gasteiger partial charge in [0.2, 0.25) is 5.88 Å². The zero-order chi connectivity index (χ0) is 36.9. The monoisotopic (exact) mass is 700 g/mol. The van der Waals surface area contributed by atoms with E-state index in [4.69, 9.17) is 14.5 Å². The maximum Gasteiger partial charge on any atom is 0.329 e. The molecule has 0 bridgehead atoms.